The number of unbranched alkanes of at least 4 members (excludes halogenated alkanes) is 16. The summed E-state index contributed by atoms with van der Waals surface area (Å²) in [5, 5.41) is 23.7. The van der Waals surface area contributed by atoms with Crippen LogP contribution in [0, 0.1) is 0 Å². The Kier molecular flexibility index (Phi) is 27.5. The second-order valence-corrected chi connectivity index (χ2v) is 12.7. The van der Waals surface area contributed by atoms with Crippen LogP contribution in [0.2, 0.25) is 0 Å². The molecule has 0 rings (SSSR count). The summed E-state index contributed by atoms with van der Waals surface area (Å²) in [6.45, 7) is 3.88. The first kappa shape index (κ1) is 40.2. The molecule has 0 aromatic rings. The minimum Gasteiger partial charge on any atom is -0.393 e. The number of aliphatic hydroxyl groups is 2. The van der Waals surface area contributed by atoms with Crippen molar-refractivity contribution in [2.75, 3.05) is 19.8 Å². The van der Waals surface area contributed by atoms with E-state index in [1.165, 1.54) is 77.0 Å². The quantitative estimate of drug-likeness (QED) is 0.0345. The highest BCUT2D eigenvalue weighted by atomic mass is 31.2. The molecule has 0 aromatic heterocycles. The summed E-state index contributed by atoms with van der Waals surface area (Å²) in [5.74, 6) is -0.451. The monoisotopic (exact) mass is 606 g/mol. The summed E-state index contributed by atoms with van der Waals surface area (Å²) in [6, 6.07) is -0.973. The van der Waals surface area contributed by atoms with Crippen LogP contribution in [0.4, 0.5) is 0 Å². The Hall–Kier alpha value is -0.800. The second-order valence-electron chi connectivity index (χ2n) is 11.2. The maximum atomic E-state index is 12.6. The highest BCUT2D eigenvalue weighted by Gasteiger charge is 2.27. The molecule has 4 atom stereocenters. The number of phosphoric ester groups is 1. The van der Waals surface area contributed by atoms with Crippen molar-refractivity contribution in [1.29, 1.82) is 0 Å². The lowest BCUT2D eigenvalue weighted by atomic mass is 10.0. The largest absolute Gasteiger partial charge is 0.472 e. The zero-order valence-corrected chi connectivity index (χ0v) is 27.0. The Morgan fingerprint density at radius 2 is 1.34 bits per heavy atom. The molecule has 0 spiro atoms. The van der Waals surface area contributed by atoms with Gasteiger partial charge < -0.3 is 26.2 Å². The number of aliphatic hydroxyl groups excluding tert-OH is 2. The van der Waals surface area contributed by atoms with Gasteiger partial charge in [0.2, 0.25) is 5.91 Å². The van der Waals surface area contributed by atoms with Crippen LogP contribution in [0.3, 0.4) is 0 Å². The van der Waals surface area contributed by atoms with Gasteiger partial charge in [-0.15, -0.1) is 0 Å². The molecule has 0 saturated carbocycles. The average molecular weight is 607 g/mol. The van der Waals surface area contributed by atoms with Gasteiger partial charge in [0.25, 0.3) is 0 Å². The van der Waals surface area contributed by atoms with Crippen molar-refractivity contribution in [3.05, 3.63) is 12.2 Å². The van der Waals surface area contributed by atoms with E-state index in [4.69, 9.17) is 14.8 Å². The van der Waals surface area contributed by atoms with Crippen LogP contribution >= 0.6 is 7.82 Å². The number of allylic oxidation sites excluding steroid dienone is 1. The van der Waals surface area contributed by atoms with Crippen LogP contribution in [0.15, 0.2) is 12.2 Å². The summed E-state index contributed by atoms with van der Waals surface area (Å²) in [4.78, 5) is 22.5. The van der Waals surface area contributed by atoms with E-state index >= 15 is 0 Å². The molecule has 41 heavy (non-hydrogen) atoms. The molecular formula is C31H63N2O7P. The molecule has 244 valence electrons. The van der Waals surface area contributed by atoms with E-state index in [2.05, 4.69) is 19.2 Å². The van der Waals surface area contributed by atoms with E-state index in [1.54, 1.807) is 6.08 Å². The van der Waals surface area contributed by atoms with E-state index in [-0.39, 0.29) is 19.6 Å². The van der Waals surface area contributed by atoms with Crippen LogP contribution in [0.25, 0.3) is 0 Å². The van der Waals surface area contributed by atoms with Crippen molar-refractivity contribution < 1.29 is 33.5 Å². The Balaban J connectivity index is 4.50. The fourth-order valence-electron chi connectivity index (χ4n) is 4.64. The Labute approximate surface area is 250 Å². The number of hydrogen-bond acceptors (Lipinski definition) is 7. The third kappa shape index (κ3) is 26.6. The van der Waals surface area contributed by atoms with Gasteiger partial charge in [0.1, 0.15) is 0 Å². The Bertz CT molecular complexity index is 681. The van der Waals surface area contributed by atoms with E-state index in [0.29, 0.717) is 6.42 Å². The Morgan fingerprint density at radius 3 is 1.88 bits per heavy atom. The van der Waals surface area contributed by atoms with Crippen LogP contribution in [-0.4, -0.2) is 59.0 Å². The van der Waals surface area contributed by atoms with Gasteiger partial charge in [-0.25, -0.2) is 4.57 Å². The van der Waals surface area contributed by atoms with Gasteiger partial charge in [-0.3, -0.25) is 13.8 Å². The summed E-state index contributed by atoms with van der Waals surface area (Å²) < 4.78 is 21.8. The molecule has 0 aromatic carbocycles. The van der Waals surface area contributed by atoms with Crippen molar-refractivity contribution in [2.24, 2.45) is 5.73 Å². The molecule has 4 unspecified atom stereocenters. The molecular weight excluding hydrogens is 543 g/mol. The molecule has 1 amide bonds. The van der Waals surface area contributed by atoms with E-state index in [1.807, 2.05) is 6.08 Å². The maximum Gasteiger partial charge on any atom is 0.472 e. The highest BCUT2D eigenvalue weighted by molar-refractivity contribution is 7.47. The fraction of sp³-hybridized carbons (Fsp3) is 0.903. The molecule has 0 aliphatic rings. The molecule has 10 heteroatoms. The standard InChI is InChI=1S/C31H63N2O7P/c1-3-5-7-9-11-13-14-15-16-18-20-22-28(34)26-31(36)33-29(27-40-41(37,38)39-25-24-32)30(35)23-21-19-17-12-10-8-6-4-2/h21,23,28-30,34-35H,3-20,22,24-27,32H2,1-2H3,(H,33,36)(H,37,38)/b23-21+. The predicted octanol–water partition coefficient (Wildman–Crippen LogP) is 6.68. The van der Waals surface area contributed by atoms with Crippen LogP contribution in [0.1, 0.15) is 142 Å². The fourth-order valence-corrected chi connectivity index (χ4v) is 5.40. The lowest BCUT2D eigenvalue weighted by molar-refractivity contribution is -0.124. The van der Waals surface area contributed by atoms with Crippen molar-refractivity contribution in [2.45, 2.75) is 161 Å². The zero-order valence-electron chi connectivity index (χ0n) is 26.1. The number of carbonyl (C=O) groups is 1. The molecule has 6 N–H and O–H groups in total. The first-order valence-electron chi connectivity index (χ1n) is 16.4. The summed E-state index contributed by atoms with van der Waals surface area (Å²) in [6.07, 6.45) is 23.1. The minimum atomic E-state index is -4.38. The van der Waals surface area contributed by atoms with E-state index < -0.39 is 38.6 Å². The molecule has 0 aliphatic carbocycles. The van der Waals surface area contributed by atoms with Gasteiger partial charge in [0, 0.05) is 6.54 Å². The van der Waals surface area contributed by atoms with Gasteiger partial charge in [-0.1, -0.05) is 129 Å². The normalized spacial score (nSPS) is 15.6. The number of rotatable bonds is 30. The lowest BCUT2D eigenvalue weighted by Gasteiger charge is -2.24. The minimum absolute atomic E-state index is 0.0505. The van der Waals surface area contributed by atoms with Gasteiger partial charge in [0.15, 0.2) is 0 Å². The van der Waals surface area contributed by atoms with Crippen molar-refractivity contribution in [3.63, 3.8) is 0 Å². The van der Waals surface area contributed by atoms with Crippen molar-refractivity contribution in [3.8, 4) is 0 Å². The van der Waals surface area contributed by atoms with Crippen molar-refractivity contribution in [1.82, 2.24) is 5.32 Å². The average Bonchev–Trinajstić information content (AvgIpc) is 2.94. The summed E-state index contributed by atoms with van der Waals surface area (Å²) in [5.41, 5.74) is 5.31. The lowest BCUT2D eigenvalue weighted by Crippen LogP contribution is -2.46. The first-order valence-corrected chi connectivity index (χ1v) is 17.9. The Morgan fingerprint density at radius 1 is 0.829 bits per heavy atom. The first-order chi connectivity index (χ1) is 19.8. The third-order valence-corrected chi connectivity index (χ3v) is 8.15. The predicted molar refractivity (Wildman–Crippen MR) is 168 cm³/mol. The molecule has 9 nitrogen and oxygen atoms in total. The van der Waals surface area contributed by atoms with Gasteiger partial charge in [0.05, 0.1) is 37.9 Å². The van der Waals surface area contributed by atoms with Crippen LogP contribution < -0.4 is 11.1 Å². The SMILES string of the molecule is CCCCCCCC/C=C/C(O)C(COP(=O)(O)OCCN)NC(=O)CC(O)CCCCCCCCCCCCC. The molecule has 0 fully saturated rings. The number of nitrogens with one attached hydrogen (secondary N) is 1. The van der Waals surface area contributed by atoms with E-state index in [0.717, 1.165) is 38.5 Å². The smallest absolute Gasteiger partial charge is 0.393 e. The molecule has 0 saturated heterocycles. The number of phosphoric acid groups is 1. The number of hydrogen-bond donors (Lipinski definition) is 5. The molecule has 0 radical (unpaired) electrons. The topological polar surface area (TPSA) is 151 Å². The maximum absolute atomic E-state index is 12.6. The van der Waals surface area contributed by atoms with Crippen LogP contribution in [-0.2, 0) is 18.4 Å². The summed E-state index contributed by atoms with van der Waals surface area (Å²) in [7, 11) is -4.38. The summed E-state index contributed by atoms with van der Waals surface area (Å²) >= 11 is 0. The third-order valence-electron chi connectivity index (χ3n) is 7.17. The highest BCUT2D eigenvalue weighted by Crippen LogP contribution is 2.43. The van der Waals surface area contributed by atoms with Gasteiger partial charge >= 0.3 is 7.82 Å². The molecule has 0 heterocycles. The molecule has 0 bridgehead atoms. The van der Waals surface area contributed by atoms with Crippen LogP contribution in [0.5, 0.6) is 0 Å². The van der Waals surface area contributed by atoms with Crippen molar-refractivity contribution >= 4 is 13.7 Å². The second kappa shape index (κ2) is 28.0. The van der Waals surface area contributed by atoms with Gasteiger partial charge in [-0.2, -0.15) is 0 Å². The number of carbonyl (C=O) groups excluding carboxylic acids is 1. The van der Waals surface area contributed by atoms with Gasteiger partial charge in [-0.05, 0) is 19.3 Å². The number of nitrogens with two attached hydrogens (primary N) is 1. The number of amides is 1. The molecule has 0 aliphatic heterocycles. The van der Waals surface area contributed by atoms with E-state index in [9.17, 15) is 24.5 Å². The zero-order chi connectivity index (χ0) is 30.6.